The monoisotopic (exact) mass is 317 g/mol. The molecule has 0 N–H and O–H groups in total. The molecule has 1 heterocycles. The number of likely N-dealkylation sites (tertiary alicyclic amines) is 1. The van der Waals surface area contributed by atoms with Gasteiger partial charge < -0.3 is 9.64 Å². The van der Waals surface area contributed by atoms with Crippen molar-refractivity contribution in [1.82, 2.24) is 4.90 Å². The molecule has 0 unspecified atom stereocenters. The number of amides is 1. The summed E-state index contributed by atoms with van der Waals surface area (Å²) < 4.78 is 5.66. The van der Waals surface area contributed by atoms with E-state index in [1.165, 1.54) is 18.4 Å². The summed E-state index contributed by atoms with van der Waals surface area (Å²) in [4.78, 5) is 14.3. The van der Waals surface area contributed by atoms with Crippen LogP contribution in [0.1, 0.15) is 51.5 Å². The molecule has 0 aliphatic carbocycles. The zero-order valence-electron chi connectivity index (χ0n) is 14.7. The topological polar surface area (TPSA) is 29.5 Å². The van der Waals surface area contributed by atoms with Gasteiger partial charge >= 0.3 is 0 Å². The summed E-state index contributed by atoms with van der Waals surface area (Å²) in [5, 5.41) is 0. The first-order chi connectivity index (χ1) is 11.2. The maximum Gasteiger partial charge on any atom is 0.222 e. The van der Waals surface area contributed by atoms with Crippen molar-refractivity contribution < 1.29 is 9.53 Å². The lowest BCUT2D eigenvalue weighted by Gasteiger charge is -2.34. The second kappa shape index (κ2) is 9.71. The zero-order chi connectivity index (χ0) is 16.5. The number of hydrogen-bond acceptors (Lipinski definition) is 2. The Balaban J connectivity index is 1.52. The van der Waals surface area contributed by atoms with Crippen molar-refractivity contribution in [2.24, 2.45) is 11.8 Å². The standard InChI is InChI=1S/C20H31NO2/c1-17(2)19-11-13-21(14-12-19)20(22)10-6-7-15-23-16-18-8-4-3-5-9-18/h3-5,8-9,17,19H,6-7,10-16H2,1-2H3. The predicted octanol–water partition coefficient (Wildman–Crippen LogP) is 4.27. The normalized spacial score (nSPS) is 16.0. The van der Waals surface area contributed by atoms with Crippen LogP contribution in [0.25, 0.3) is 0 Å². The Labute approximate surface area is 141 Å². The van der Waals surface area contributed by atoms with Gasteiger partial charge in [-0.05, 0) is 43.1 Å². The lowest BCUT2D eigenvalue weighted by molar-refractivity contribution is -0.133. The van der Waals surface area contributed by atoms with E-state index >= 15 is 0 Å². The number of nitrogens with zero attached hydrogens (tertiary/aromatic N) is 1. The van der Waals surface area contributed by atoms with Gasteiger partial charge in [-0.15, -0.1) is 0 Å². The van der Waals surface area contributed by atoms with Gasteiger partial charge in [0, 0.05) is 26.1 Å². The smallest absolute Gasteiger partial charge is 0.222 e. The molecule has 1 aromatic carbocycles. The summed E-state index contributed by atoms with van der Waals surface area (Å²) in [5.41, 5.74) is 1.21. The van der Waals surface area contributed by atoms with Crippen LogP contribution in [0.4, 0.5) is 0 Å². The summed E-state index contributed by atoms with van der Waals surface area (Å²) in [6.07, 6.45) is 4.90. The Kier molecular flexibility index (Phi) is 7.60. The fourth-order valence-electron chi connectivity index (χ4n) is 3.22. The van der Waals surface area contributed by atoms with Crippen LogP contribution in [0, 0.1) is 11.8 Å². The molecule has 1 aliphatic heterocycles. The third kappa shape index (κ3) is 6.34. The van der Waals surface area contributed by atoms with Crippen LogP contribution in [0.3, 0.4) is 0 Å². The fraction of sp³-hybridized carbons (Fsp3) is 0.650. The van der Waals surface area contributed by atoms with Gasteiger partial charge in [0.15, 0.2) is 0 Å². The van der Waals surface area contributed by atoms with E-state index in [0.29, 0.717) is 18.9 Å². The van der Waals surface area contributed by atoms with Crippen molar-refractivity contribution in [2.45, 2.75) is 52.6 Å². The third-order valence-electron chi connectivity index (χ3n) is 4.88. The quantitative estimate of drug-likeness (QED) is 0.670. The summed E-state index contributed by atoms with van der Waals surface area (Å²) in [7, 11) is 0. The molecule has 0 radical (unpaired) electrons. The van der Waals surface area contributed by atoms with Crippen LogP contribution in [0.2, 0.25) is 0 Å². The molecule has 1 saturated heterocycles. The first-order valence-electron chi connectivity index (χ1n) is 9.06. The van der Waals surface area contributed by atoms with Crippen LogP contribution >= 0.6 is 0 Å². The van der Waals surface area contributed by atoms with Gasteiger partial charge in [-0.25, -0.2) is 0 Å². The molecule has 23 heavy (non-hydrogen) atoms. The van der Waals surface area contributed by atoms with E-state index in [1.807, 2.05) is 18.2 Å². The summed E-state index contributed by atoms with van der Waals surface area (Å²) in [6.45, 7) is 7.88. The molecule has 2 rings (SSSR count). The Morgan fingerprint density at radius 2 is 1.87 bits per heavy atom. The number of unbranched alkanes of at least 4 members (excludes halogenated alkanes) is 1. The van der Waals surface area contributed by atoms with Crippen molar-refractivity contribution in [3.05, 3.63) is 35.9 Å². The largest absolute Gasteiger partial charge is 0.377 e. The highest BCUT2D eigenvalue weighted by atomic mass is 16.5. The molecular formula is C20H31NO2. The van der Waals surface area contributed by atoms with Gasteiger partial charge in [0.1, 0.15) is 0 Å². The third-order valence-corrected chi connectivity index (χ3v) is 4.88. The predicted molar refractivity (Wildman–Crippen MR) is 94.1 cm³/mol. The lowest BCUT2D eigenvalue weighted by Crippen LogP contribution is -2.39. The van der Waals surface area contributed by atoms with E-state index in [0.717, 1.165) is 44.4 Å². The van der Waals surface area contributed by atoms with E-state index in [1.54, 1.807) is 0 Å². The van der Waals surface area contributed by atoms with E-state index in [9.17, 15) is 4.79 Å². The van der Waals surface area contributed by atoms with Crippen molar-refractivity contribution in [1.29, 1.82) is 0 Å². The van der Waals surface area contributed by atoms with Gasteiger partial charge in [-0.3, -0.25) is 4.79 Å². The van der Waals surface area contributed by atoms with Crippen LogP contribution < -0.4 is 0 Å². The molecule has 0 atom stereocenters. The maximum atomic E-state index is 12.2. The Bertz CT molecular complexity index is 450. The number of rotatable bonds is 8. The highest BCUT2D eigenvalue weighted by molar-refractivity contribution is 5.76. The summed E-state index contributed by atoms with van der Waals surface area (Å²) in [6, 6.07) is 10.2. The van der Waals surface area contributed by atoms with Crippen LogP contribution in [0.5, 0.6) is 0 Å². The number of ether oxygens (including phenoxy) is 1. The minimum Gasteiger partial charge on any atom is -0.377 e. The highest BCUT2D eigenvalue weighted by Crippen LogP contribution is 2.24. The highest BCUT2D eigenvalue weighted by Gasteiger charge is 2.23. The van der Waals surface area contributed by atoms with Gasteiger partial charge in [0.05, 0.1) is 6.61 Å². The first kappa shape index (κ1) is 18.0. The molecule has 0 bridgehead atoms. The number of hydrogen-bond donors (Lipinski definition) is 0. The van der Waals surface area contributed by atoms with E-state index < -0.39 is 0 Å². The summed E-state index contributed by atoms with van der Waals surface area (Å²) >= 11 is 0. The average molecular weight is 317 g/mol. The van der Waals surface area contributed by atoms with Crippen LogP contribution in [-0.4, -0.2) is 30.5 Å². The minimum absolute atomic E-state index is 0.329. The molecule has 3 heteroatoms. The number of carbonyl (C=O) groups excluding carboxylic acids is 1. The fourth-order valence-corrected chi connectivity index (χ4v) is 3.22. The molecule has 1 aliphatic rings. The second-order valence-electron chi connectivity index (χ2n) is 6.96. The van der Waals surface area contributed by atoms with Crippen molar-refractivity contribution in [3.8, 4) is 0 Å². The number of carbonyl (C=O) groups is 1. The SMILES string of the molecule is CC(C)C1CCN(C(=O)CCCCOCc2ccccc2)CC1. The summed E-state index contributed by atoms with van der Waals surface area (Å²) in [5.74, 6) is 1.87. The van der Waals surface area contributed by atoms with Crippen molar-refractivity contribution in [3.63, 3.8) is 0 Å². The molecule has 0 aromatic heterocycles. The van der Waals surface area contributed by atoms with Crippen LogP contribution in [0.15, 0.2) is 30.3 Å². The molecule has 128 valence electrons. The molecule has 0 saturated carbocycles. The molecular weight excluding hydrogens is 286 g/mol. The molecule has 3 nitrogen and oxygen atoms in total. The maximum absolute atomic E-state index is 12.2. The van der Waals surface area contributed by atoms with Gasteiger partial charge in [0.2, 0.25) is 5.91 Å². The minimum atomic E-state index is 0.329. The van der Waals surface area contributed by atoms with Crippen molar-refractivity contribution >= 4 is 5.91 Å². The molecule has 1 fully saturated rings. The van der Waals surface area contributed by atoms with Gasteiger partial charge in [-0.2, -0.15) is 0 Å². The number of benzene rings is 1. The van der Waals surface area contributed by atoms with Gasteiger partial charge in [-0.1, -0.05) is 44.2 Å². The van der Waals surface area contributed by atoms with Crippen LogP contribution in [-0.2, 0) is 16.1 Å². The van der Waals surface area contributed by atoms with E-state index in [-0.39, 0.29) is 0 Å². The second-order valence-corrected chi connectivity index (χ2v) is 6.96. The molecule has 0 spiro atoms. The molecule has 1 amide bonds. The zero-order valence-corrected chi connectivity index (χ0v) is 14.7. The Morgan fingerprint density at radius 1 is 1.17 bits per heavy atom. The van der Waals surface area contributed by atoms with Gasteiger partial charge in [0.25, 0.3) is 0 Å². The Morgan fingerprint density at radius 3 is 2.52 bits per heavy atom. The van der Waals surface area contributed by atoms with E-state index in [4.69, 9.17) is 4.74 Å². The van der Waals surface area contributed by atoms with E-state index in [2.05, 4.69) is 30.9 Å². The van der Waals surface area contributed by atoms with Crippen molar-refractivity contribution in [2.75, 3.05) is 19.7 Å². The Hall–Kier alpha value is -1.35. The number of piperidine rings is 1. The lowest BCUT2D eigenvalue weighted by atomic mass is 9.86. The first-order valence-corrected chi connectivity index (χ1v) is 9.06. The average Bonchev–Trinajstić information content (AvgIpc) is 2.58. The molecule has 1 aromatic rings.